The molecule has 0 bridgehead atoms. The summed E-state index contributed by atoms with van der Waals surface area (Å²) in [4.78, 5) is 12.2. The van der Waals surface area contributed by atoms with Crippen molar-refractivity contribution in [3.8, 4) is 5.75 Å². The topological polar surface area (TPSA) is 38.3 Å². The van der Waals surface area contributed by atoms with Gasteiger partial charge in [0.05, 0.1) is 10.7 Å². The molecule has 3 nitrogen and oxygen atoms in total. The summed E-state index contributed by atoms with van der Waals surface area (Å²) in [5.41, 5.74) is 1.36. The Morgan fingerprint density at radius 1 is 1.22 bits per heavy atom. The summed E-state index contributed by atoms with van der Waals surface area (Å²) >= 11 is 9.36. The normalized spacial score (nSPS) is 11.2. The summed E-state index contributed by atoms with van der Waals surface area (Å²) < 4.78 is 40.8. The Morgan fingerprint density at radius 3 is 2.35 bits per heavy atom. The average molecular weight is 409 g/mol. The molecule has 1 amide bonds. The van der Waals surface area contributed by atoms with E-state index in [0.717, 1.165) is 22.2 Å². The van der Waals surface area contributed by atoms with Crippen molar-refractivity contribution in [2.75, 3.05) is 5.32 Å². The van der Waals surface area contributed by atoms with Gasteiger partial charge in [-0.3, -0.25) is 4.79 Å². The molecule has 0 radical (unpaired) electrons. The van der Waals surface area contributed by atoms with Gasteiger partial charge in [0.2, 0.25) is 0 Å². The molecule has 8 heteroatoms. The Hall–Kier alpha value is -1.73. The number of amides is 1. The zero-order valence-electron chi connectivity index (χ0n) is 11.7. The largest absolute Gasteiger partial charge is 0.573 e. The van der Waals surface area contributed by atoms with Gasteiger partial charge in [0.15, 0.2) is 0 Å². The van der Waals surface area contributed by atoms with Crippen LogP contribution in [0.25, 0.3) is 0 Å². The molecule has 0 aromatic heterocycles. The van der Waals surface area contributed by atoms with E-state index in [0.29, 0.717) is 10.7 Å². The zero-order chi connectivity index (χ0) is 17.2. The van der Waals surface area contributed by atoms with Crippen LogP contribution in [0.2, 0.25) is 5.02 Å². The quantitative estimate of drug-likeness (QED) is 0.722. The first-order valence-corrected chi connectivity index (χ1v) is 7.45. The maximum Gasteiger partial charge on any atom is 0.573 e. The molecular formula is C15H10BrClF3NO2. The van der Waals surface area contributed by atoms with Crippen LogP contribution in [0.15, 0.2) is 40.9 Å². The number of carbonyl (C=O) groups is 1. The van der Waals surface area contributed by atoms with Gasteiger partial charge in [-0.15, -0.1) is 13.2 Å². The van der Waals surface area contributed by atoms with Crippen LogP contribution in [-0.2, 0) is 0 Å². The number of carbonyl (C=O) groups excluding carboxylic acids is 1. The second-order valence-corrected chi connectivity index (χ2v) is 5.93. The molecule has 0 aliphatic rings. The van der Waals surface area contributed by atoms with E-state index in [9.17, 15) is 18.0 Å². The standard InChI is InChI=1S/C15H10BrClF3NO2/c1-8-6-10(16)7-12(17)13(8)21-14(22)9-2-4-11(5-3-9)23-15(18,19)20/h2-7H,1H3,(H,21,22). The predicted octanol–water partition coefficient (Wildman–Crippen LogP) is 5.56. The average Bonchev–Trinajstić information content (AvgIpc) is 2.41. The molecule has 0 atom stereocenters. The van der Waals surface area contributed by atoms with Crippen LogP contribution in [0.5, 0.6) is 5.75 Å². The summed E-state index contributed by atoms with van der Waals surface area (Å²) in [5.74, 6) is -0.886. The Balaban J connectivity index is 2.16. The minimum Gasteiger partial charge on any atom is -0.406 e. The summed E-state index contributed by atoms with van der Waals surface area (Å²) in [6, 6.07) is 8.01. The molecule has 2 aromatic carbocycles. The number of aryl methyl sites for hydroxylation is 1. The first-order chi connectivity index (χ1) is 10.7. The smallest absolute Gasteiger partial charge is 0.406 e. The van der Waals surface area contributed by atoms with Crippen LogP contribution in [-0.4, -0.2) is 12.3 Å². The van der Waals surface area contributed by atoms with Crippen LogP contribution in [0, 0.1) is 6.92 Å². The number of alkyl halides is 3. The van der Waals surface area contributed by atoms with Gasteiger partial charge in [-0.05, 0) is 48.9 Å². The molecule has 0 aliphatic heterocycles. The highest BCUT2D eigenvalue weighted by Gasteiger charge is 2.31. The first-order valence-electron chi connectivity index (χ1n) is 6.28. The fourth-order valence-corrected chi connectivity index (χ4v) is 2.87. The number of rotatable bonds is 3. The highest BCUT2D eigenvalue weighted by molar-refractivity contribution is 9.10. The van der Waals surface area contributed by atoms with E-state index in [1.807, 2.05) is 0 Å². The van der Waals surface area contributed by atoms with Crippen molar-refractivity contribution in [3.05, 3.63) is 57.0 Å². The van der Waals surface area contributed by atoms with Gasteiger partial charge in [0.1, 0.15) is 5.75 Å². The van der Waals surface area contributed by atoms with Crippen molar-refractivity contribution in [1.29, 1.82) is 0 Å². The van der Waals surface area contributed by atoms with Crippen LogP contribution in [0.3, 0.4) is 0 Å². The highest BCUT2D eigenvalue weighted by atomic mass is 79.9. The maximum absolute atomic E-state index is 12.2. The molecule has 2 rings (SSSR count). The van der Waals surface area contributed by atoms with Crippen LogP contribution in [0.1, 0.15) is 15.9 Å². The number of hydrogen-bond acceptors (Lipinski definition) is 2. The Labute approximate surface area is 143 Å². The molecule has 0 aliphatic carbocycles. The predicted molar refractivity (Wildman–Crippen MR) is 85.0 cm³/mol. The van der Waals surface area contributed by atoms with Gasteiger partial charge in [-0.25, -0.2) is 0 Å². The van der Waals surface area contributed by atoms with Gasteiger partial charge >= 0.3 is 6.36 Å². The number of ether oxygens (including phenoxy) is 1. The van der Waals surface area contributed by atoms with Gasteiger partial charge in [0, 0.05) is 10.0 Å². The molecule has 0 saturated carbocycles. The highest BCUT2D eigenvalue weighted by Crippen LogP contribution is 2.30. The molecule has 0 fully saturated rings. The lowest BCUT2D eigenvalue weighted by molar-refractivity contribution is -0.274. The summed E-state index contributed by atoms with van der Waals surface area (Å²) in [6.07, 6.45) is -4.77. The van der Waals surface area contributed by atoms with E-state index in [2.05, 4.69) is 26.0 Å². The number of halogens is 5. The Morgan fingerprint density at radius 2 is 1.83 bits per heavy atom. The zero-order valence-corrected chi connectivity index (χ0v) is 14.0. The van der Waals surface area contributed by atoms with Gasteiger partial charge < -0.3 is 10.1 Å². The fourth-order valence-electron chi connectivity index (χ4n) is 1.85. The SMILES string of the molecule is Cc1cc(Br)cc(Cl)c1NC(=O)c1ccc(OC(F)(F)F)cc1. The van der Waals surface area contributed by atoms with Crippen molar-refractivity contribution in [2.45, 2.75) is 13.3 Å². The minimum absolute atomic E-state index is 0.179. The number of benzene rings is 2. The van der Waals surface area contributed by atoms with Crippen molar-refractivity contribution in [1.82, 2.24) is 0 Å². The Bertz CT molecular complexity index is 709. The van der Waals surface area contributed by atoms with E-state index < -0.39 is 18.0 Å². The fraction of sp³-hybridized carbons (Fsp3) is 0.133. The van der Waals surface area contributed by atoms with Crippen molar-refractivity contribution in [3.63, 3.8) is 0 Å². The van der Waals surface area contributed by atoms with Crippen molar-refractivity contribution >= 4 is 39.1 Å². The number of anilines is 1. The monoisotopic (exact) mass is 407 g/mol. The third-order valence-corrected chi connectivity index (χ3v) is 3.60. The molecule has 2 aromatic rings. The summed E-state index contributed by atoms with van der Waals surface area (Å²) in [6.45, 7) is 1.77. The molecule has 122 valence electrons. The molecule has 1 N–H and O–H groups in total. The van der Waals surface area contributed by atoms with E-state index in [1.165, 1.54) is 12.1 Å². The first kappa shape index (κ1) is 17.6. The van der Waals surface area contributed by atoms with Gasteiger partial charge in [-0.2, -0.15) is 0 Å². The second kappa shape index (κ2) is 6.80. The summed E-state index contributed by atoms with van der Waals surface area (Å²) in [5, 5.41) is 2.98. The summed E-state index contributed by atoms with van der Waals surface area (Å²) in [7, 11) is 0. The molecule has 0 saturated heterocycles. The van der Waals surface area contributed by atoms with E-state index in [1.54, 1.807) is 19.1 Å². The second-order valence-electron chi connectivity index (χ2n) is 4.61. The maximum atomic E-state index is 12.2. The number of nitrogens with one attached hydrogen (secondary N) is 1. The van der Waals surface area contributed by atoms with Crippen LogP contribution >= 0.6 is 27.5 Å². The van der Waals surface area contributed by atoms with Gasteiger partial charge in [-0.1, -0.05) is 27.5 Å². The van der Waals surface area contributed by atoms with E-state index in [-0.39, 0.29) is 5.56 Å². The molecule has 0 heterocycles. The van der Waals surface area contributed by atoms with Crippen molar-refractivity contribution in [2.24, 2.45) is 0 Å². The molecule has 0 unspecified atom stereocenters. The van der Waals surface area contributed by atoms with Crippen molar-refractivity contribution < 1.29 is 22.7 Å². The molecule has 23 heavy (non-hydrogen) atoms. The lowest BCUT2D eigenvalue weighted by Gasteiger charge is -2.12. The lowest BCUT2D eigenvalue weighted by Crippen LogP contribution is -2.17. The van der Waals surface area contributed by atoms with Crippen LogP contribution < -0.4 is 10.1 Å². The minimum atomic E-state index is -4.77. The molecule has 0 spiro atoms. The Kier molecular flexibility index (Phi) is 5.21. The van der Waals surface area contributed by atoms with Gasteiger partial charge in [0.25, 0.3) is 5.91 Å². The third-order valence-electron chi connectivity index (χ3n) is 2.84. The lowest BCUT2D eigenvalue weighted by atomic mass is 10.1. The molecular weight excluding hydrogens is 399 g/mol. The third kappa shape index (κ3) is 4.87. The van der Waals surface area contributed by atoms with E-state index >= 15 is 0 Å². The van der Waals surface area contributed by atoms with Crippen LogP contribution in [0.4, 0.5) is 18.9 Å². The number of hydrogen-bond donors (Lipinski definition) is 1. The van der Waals surface area contributed by atoms with E-state index in [4.69, 9.17) is 11.6 Å².